The van der Waals surface area contributed by atoms with Crippen molar-refractivity contribution >= 4 is 29.2 Å². The molecule has 110 valence electrons. The van der Waals surface area contributed by atoms with Crippen LogP contribution >= 0.6 is 23.2 Å². The highest BCUT2D eigenvalue weighted by Gasteiger charge is 2.40. The van der Waals surface area contributed by atoms with Gasteiger partial charge in [0.25, 0.3) is 0 Å². The molecule has 1 aliphatic rings. The van der Waals surface area contributed by atoms with E-state index in [1.165, 1.54) is 0 Å². The van der Waals surface area contributed by atoms with Crippen molar-refractivity contribution in [3.05, 3.63) is 33.8 Å². The number of carboxylic acid groups (broad SMARTS) is 1. The highest BCUT2D eigenvalue weighted by molar-refractivity contribution is 6.33. The summed E-state index contributed by atoms with van der Waals surface area (Å²) in [7, 11) is 0. The minimum absolute atomic E-state index is 0.571. The van der Waals surface area contributed by atoms with E-state index in [-0.39, 0.29) is 0 Å². The van der Waals surface area contributed by atoms with Gasteiger partial charge in [0.1, 0.15) is 0 Å². The number of rotatable bonds is 4. The summed E-state index contributed by atoms with van der Waals surface area (Å²) in [4.78, 5) is 13.7. The molecule has 0 radical (unpaired) electrons. The Morgan fingerprint density at radius 2 is 2.20 bits per heavy atom. The smallest absolute Gasteiger partial charge is 0.310 e. The molecule has 0 saturated carbocycles. The number of aliphatic carboxylic acids is 1. The van der Waals surface area contributed by atoms with Gasteiger partial charge in [-0.3, -0.25) is 9.69 Å². The zero-order chi connectivity index (χ0) is 14.8. The van der Waals surface area contributed by atoms with E-state index in [9.17, 15) is 9.90 Å². The molecule has 1 saturated heterocycles. The van der Waals surface area contributed by atoms with Gasteiger partial charge in [0.2, 0.25) is 0 Å². The Hall–Kier alpha value is -0.770. The number of benzene rings is 1. The summed E-state index contributed by atoms with van der Waals surface area (Å²) in [5.74, 6) is -0.693. The maximum absolute atomic E-state index is 11.6. The summed E-state index contributed by atoms with van der Waals surface area (Å²) in [5, 5.41) is 10.8. The van der Waals surface area contributed by atoms with E-state index in [1.54, 1.807) is 12.1 Å². The maximum Gasteiger partial charge on any atom is 0.310 e. The van der Waals surface area contributed by atoms with Crippen molar-refractivity contribution in [2.75, 3.05) is 13.1 Å². The number of carboxylic acids is 1. The zero-order valence-corrected chi connectivity index (χ0v) is 13.0. The Morgan fingerprint density at radius 1 is 1.45 bits per heavy atom. The van der Waals surface area contributed by atoms with Gasteiger partial charge in [0, 0.05) is 23.1 Å². The van der Waals surface area contributed by atoms with Crippen molar-refractivity contribution in [3.63, 3.8) is 0 Å². The van der Waals surface area contributed by atoms with E-state index < -0.39 is 11.4 Å². The summed E-state index contributed by atoms with van der Waals surface area (Å²) in [5.41, 5.74) is 0.333. The van der Waals surface area contributed by atoms with Gasteiger partial charge in [0.05, 0.1) is 5.41 Å². The molecule has 1 N–H and O–H groups in total. The Balaban J connectivity index is 2.13. The van der Waals surface area contributed by atoms with Crippen molar-refractivity contribution in [1.82, 2.24) is 4.90 Å². The third-order valence-corrected chi connectivity index (χ3v) is 4.79. The molecule has 1 heterocycles. The Labute approximate surface area is 129 Å². The van der Waals surface area contributed by atoms with Crippen molar-refractivity contribution in [2.45, 2.75) is 32.7 Å². The summed E-state index contributed by atoms with van der Waals surface area (Å²) < 4.78 is 0. The summed E-state index contributed by atoms with van der Waals surface area (Å²) in [6.45, 7) is 4.07. The first-order valence-corrected chi connectivity index (χ1v) is 7.62. The Bertz CT molecular complexity index is 507. The summed E-state index contributed by atoms with van der Waals surface area (Å²) in [6, 6.07) is 5.40. The fourth-order valence-corrected chi connectivity index (χ4v) is 3.25. The lowest BCUT2D eigenvalue weighted by molar-refractivity contribution is -0.153. The molecule has 1 aromatic carbocycles. The molecule has 5 heteroatoms. The summed E-state index contributed by atoms with van der Waals surface area (Å²) >= 11 is 12.2. The van der Waals surface area contributed by atoms with Gasteiger partial charge in [-0.05, 0) is 49.6 Å². The predicted molar refractivity (Wildman–Crippen MR) is 81.3 cm³/mol. The second kappa shape index (κ2) is 6.33. The Kier molecular flexibility index (Phi) is 4.95. The molecule has 0 aromatic heterocycles. The number of hydrogen-bond donors (Lipinski definition) is 1. The first-order valence-electron chi connectivity index (χ1n) is 6.86. The lowest BCUT2D eigenvalue weighted by Gasteiger charge is -2.39. The van der Waals surface area contributed by atoms with E-state index in [2.05, 4.69) is 4.90 Å². The fourth-order valence-electron chi connectivity index (χ4n) is 2.88. The maximum atomic E-state index is 11.6. The largest absolute Gasteiger partial charge is 0.481 e. The standard InChI is InChI=1S/C15H19Cl2NO2/c1-2-15(14(19)20)6-3-7-18(10-15)9-11-8-12(16)4-5-13(11)17/h4-5,8H,2-3,6-7,9-10H2,1H3,(H,19,20). The molecule has 1 aliphatic heterocycles. The topological polar surface area (TPSA) is 40.5 Å². The van der Waals surface area contributed by atoms with Gasteiger partial charge >= 0.3 is 5.97 Å². The SMILES string of the molecule is CCC1(C(=O)O)CCCN(Cc2cc(Cl)ccc2Cl)C1. The van der Waals surface area contributed by atoms with Gasteiger partial charge in [-0.2, -0.15) is 0 Å². The van der Waals surface area contributed by atoms with Crippen LogP contribution in [0.25, 0.3) is 0 Å². The molecule has 2 rings (SSSR count). The van der Waals surface area contributed by atoms with Gasteiger partial charge in [0.15, 0.2) is 0 Å². The average molecular weight is 316 g/mol. The lowest BCUT2D eigenvalue weighted by atomic mass is 9.77. The van der Waals surface area contributed by atoms with Crippen LogP contribution in [0.3, 0.4) is 0 Å². The molecule has 1 atom stereocenters. The zero-order valence-electron chi connectivity index (χ0n) is 11.5. The molecule has 3 nitrogen and oxygen atoms in total. The van der Waals surface area contributed by atoms with Gasteiger partial charge in [-0.25, -0.2) is 0 Å². The van der Waals surface area contributed by atoms with E-state index in [1.807, 2.05) is 13.0 Å². The van der Waals surface area contributed by atoms with Crippen LogP contribution in [0.4, 0.5) is 0 Å². The number of piperidine rings is 1. The quantitative estimate of drug-likeness (QED) is 0.910. The molecule has 1 unspecified atom stereocenters. The highest BCUT2D eigenvalue weighted by atomic mass is 35.5. The van der Waals surface area contributed by atoms with E-state index in [0.29, 0.717) is 29.6 Å². The van der Waals surface area contributed by atoms with Crippen LogP contribution in [-0.2, 0) is 11.3 Å². The van der Waals surface area contributed by atoms with Gasteiger partial charge in [-0.1, -0.05) is 30.1 Å². The molecule has 0 aliphatic carbocycles. The van der Waals surface area contributed by atoms with Crippen LogP contribution < -0.4 is 0 Å². The predicted octanol–water partition coefficient (Wildman–Crippen LogP) is 4.07. The van der Waals surface area contributed by atoms with Crippen LogP contribution in [-0.4, -0.2) is 29.1 Å². The van der Waals surface area contributed by atoms with E-state index in [0.717, 1.165) is 24.9 Å². The van der Waals surface area contributed by atoms with Crippen molar-refractivity contribution in [2.24, 2.45) is 5.41 Å². The molecule has 0 bridgehead atoms. The molecule has 1 aromatic rings. The molecule has 0 amide bonds. The van der Waals surface area contributed by atoms with Crippen LogP contribution in [0.15, 0.2) is 18.2 Å². The normalized spacial score (nSPS) is 23.8. The number of carbonyl (C=O) groups is 1. The first-order chi connectivity index (χ1) is 9.47. The van der Waals surface area contributed by atoms with Crippen LogP contribution in [0.2, 0.25) is 10.0 Å². The molecule has 20 heavy (non-hydrogen) atoms. The second-order valence-electron chi connectivity index (χ2n) is 5.49. The van der Waals surface area contributed by atoms with Crippen molar-refractivity contribution < 1.29 is 9.90 Å². The number of halogens is 2. The molecular formula is C15H19Cl2NO2. The third kappa shape index (κ3) is 3.27. The second-order valence-corrected chi connectivity index (χ2v) is 6.33. The van der Waals surface area contributed by atoms with Gasteiger partial charge in [-0.15, -0.1) is 0 Å². The van der Waals surface area contributed by atoms with E-state index >= 15 is 0 Å². The average Bonchev–Trinajstić information content (AvgIpc) is 2.43. The third-order valence-electron chi connectivity index (χ3n) is 4.19. The minimum atomic E-state index is -0.693. The highest BCUT2D eigenvalue weighted by Crippen LogP contribution is 2.35. The minimum Gasteiger partial charge on any atom is -0.481 e. The van der Waals surface area contributed by atoms with Crippen LogP contribution in [0, 0.1) is 5.41 Å². The van der Waals surface area contributed by atoms with E-state index in [4.69, 9.17) is 23.2 Å². The first kappa shape index (κ1) is 15.6. The number of likely N-dealkylation sites (tertiary alicyclic amines) is 1. The monoisotopic (exact) mass is 315 g/mol. The number of nitrogens with zero attached hydrogens (tertiary/aromatic N) is 1. The molecular weight excluding hydrogens is 297 g/mol. The van der Waals surface area contributed by atoms with Crippen LogP contribution in [0.5, 0.6) is 0 Å². The van der Waals surface area contributed by atoms with Crippen molar-refractivity contribution in [1.29, 1.82) is 0 Å². The number of hydrogen-bond acceptors (Lipinski definition) is 2. The van der Waals surface area contributed by atoms with Crippen molar-refractivity contribution in [3.8, 4) is 0 Å². The Morgan fingerprint density at radius 3 is 2.85 bits per heavy atom. The van der Waals surface area contributed by atoms with Crippen LogP contribution in [0.1, 0.15) is 31.7 Å². The van der Waals surface area contributed by atoms with Gasteiger partial charge < -0.3 is 5.11 Å². The fraction of sp³-hybridized carbons (Fsp3) is 0.533. The lowest BCUT2D eigenvalue weighted by Crippen LogP contribution is -2.47. The summed E-state index contributed by atoms with van der Waals surface area (Å²) in [6.07, 6.45) is 2.30. The molecule has 0 spiro atoms. The molecule has 1 fully saturated rings.